The molecule has 72 valence electrons. The maximum atomic E-state index is 11.6. The summed E-state index contributed by atoms with van der Waals surface area (Å²) in [5.74, 6) is 2.47. The lowest BCUT2D eigenvalue weighted by molar-refractivity contribution is -0.130. The van der Waals surface area contributed by atoms with Crippen LogP contribution in [0.3, 0.4) is 0 Å². The molecule has 0 aromatic heterocycles. The van der Waals surface area contributed by atoms with Gasteiger partial charge < -0.3 is 10.6 Å². The van der Waals surface area contributed by atoms with Crippen molar-refractivity contribution in [2.24, 2.45) is 5.41 Å². The molecule has 1 amide bonds. The van der Waals surface area contributed by atoms with Gasteiger partial charge in [-0.25, -0.2) is 0 Å². The molecule has 3 nitrogen and oxygen atoms in total. The Morgan fingerprint density at radius 1 is 1.77 bits per heavy atom. The van der Waals surface area contributed by atoms with Gasteiger partial charge in [0.05, 0.1) is 12.0 Å². The van der Waals surface area contributed by atoms with Crippen LogP contribution in [-0.4, -0.2) is 25.5 Å². The second-order valence-corrected chi connectivity index (χ2v) is 3.73. The number of hydrogen-bond acceptors (Lipinski definition) is 2. The predicted octanol–water partition coefficient (Wildman–Crippen LogP) is 0.126. The molecule has 3 heteroatoms. The van der Waals surface area contributed by atoms with Crippen molar-refractivity contribution in [2.45, 2.75) is 19.8 Å². The highest BCUT2D eigenvalue weighted by Gasteiger charge is 2.33. The molecule has 1 fully saturated rings. The zero-order valence-corrected chi connectivity index (χ0v) is 8.02. The molecule has 2 N–H and O–H groups in total. The smallest absolute Gasteiger partial charge is 0.227 e. The molecule has 1 aliphatic heterocycles. The minimum Gasteiger partial charge on any atom is -0.345 e. The quantitative estimate of drug-likeness (QED) is 0.593. The molecule has 0 aromatic carbocycles. The summed E-state index contributed by atoms with van der Waals surface area (Å²) in [6, 6.07) is 0. The Morgan fingerprint density at radius 3 is 3.08 bits per heavy atom. The van der Waals surface area contributed by atoms with E-state index in [1.54, 1.807) is 0 Å². The minimum absolute atomic E-state index is 0.0673. The molecule has 0 aliphatic carbocycles. The third-order valence-corrected chi connectivity index (χ3v) is 2.50. The van der Waals surface area contributed by atoms with Gasteiger partial charge in [-0.2, -0.15) is 0 Å². The number of hydrogen-bond donors (Lipinski definition) is 2. The zero-order chi connectivity index (χ0) is 9.73. The molecule has 1 aliphatic rings. The Balaban J connectivity index is 2.47. The predicted molar refractivity (Wildman–Crippen MR) is 52.1 cm³/mol. The summed E-state index contributed by atoms with van der Waals surface area (Å²) >= 11 is 0. The molecule has 13 heavy (non-hydrogen) atoms. The SMILES string of the molecule is C#CCNC(=O)C1(C)CCCNC1. The van der Waals surface area contributed by atoms with E-state index in [-0.39, 0.29) is 11.3 Å². The minimum atomic E-state index is -0.269. The number of amides is 1. The van der Waals surface area contributed by atoms with Crippen molar-refractivity contribution in [3.8, 4) is 12.3 Å². The third-order valence-electron chi connectivity index (χ3n) is 2.50. The highest BCUT2D eigenvalue weighted by Crippen LogP contribution is 2.25. The molecular weight excluding hydrogens is 164 g/mol. The van der Waals surface area contributed by atoms with E-state index in [0.717, 1.165) is 25.9 Å². The van der Waals surface area contributed by atoms with Crippen LogP contribution in [0.4, 0.5) is 0 Å². The van der Waals surface area contributed by atoms with Crippen LogP contribution < -0.4 is 10.6 Å². The lowest BCUT2D eigenvalue weighted by Crippen LogP contribution is -2.48. The topological polar surface area (TPSA) is 41.1 Å². The van der Waals surface area contributed by atoms with Gasteiger partial charge >= 0.3 is 0 Å². The van der Waals surface area contributed by atoms with Crippen LogP contribution in [-0.2, 0) is 4.79 Å². The first kappa shape index (κ1) is 10.1. The molecule has 1 atom stereocenters. The summed E-state index contributed by atoms with van der Waals surface area (Å²) in [6.07, 6.45) is 7.07. The fourth-order valence-corrected chi connectivity index (χ4v) is 1.59. The standard InChI is InChI=1S/C10H16N2O/c1-3-6-12-9(13)10(2)5-4-7-11-8-10/h1,11H,4-8H2,2H3,(H,12,13). The molecule has 0 spiro atoms. The van der Waals surface area contributed by atoms with Gasteiger partial charge in [0.25, 0.3) is 0 Å². The van der Waals surface area contributed by atoms with E-state index in [0.29, 0.717) is 6.54 Å². The number of terminal acetylenes is 1. The van der Waals surface area contributed by atoms with Crippen LogP contribution in [0.25, 0.3) is 0 Å². The Hall–Kier alpha value is -1.01. The monoisotopic (exact) mass is 180 g/mol. The van der Waals surface area contributed by atoms with Crippen LogP contribution in [0.15, 0.2) is 0 Å². The van der Waals surface area contributed by atoms with Crippen molar-refractivity contribution in [1.29, 1.82) is 0 Å². The second-order valence-electron chi connectivity index (χ2n) is 3.73. The molecule has 0 aromatic rings. The van der Waals surface area contributed by atoms with Gasteiger partial charge in [0.15, 0.2) is 0 Å². The van der Waals surface area contributed by atoms with Gasteiger partial charge in [-0.3, -0.25) is 4.79 Å². The largest absolute Gasteiger partial charge is 0.345 e. The summed E-state index contributed by atoms with van der Waals surface area (Å²) in [6.45, 7) is 4.07. The number of carbonyl (C=O) groups is 1. The van der Waals surface area contributed by atoms with Crippen molar-refractivity contribution >= 4 is 5.91 Å². The van der Waals surface area contributed by atoms with Gasteiger partial charge in [0, 0.05) is 6.54 Å². The first-order valence-electron chi connectivity index (χ1n) is 4.61. The first-order valence-corrected chi connectivity index (χ1v) is 4.61. The van der Waals surface area contributed by atoms with Gasteiger partial charge in [-0.1, -0.05) is 5.92 Å². The van der Waals surface area contributed by atoms with Gasteiger partial charge in [0.1, 0.15) is 0 Å². The highest BCUT2D eigenvalue weighted by atomic mass is 16.2. The van der Waals surface area contributed by atoms with E-state index in [9.17, 15) is 4.79 Å². The van der Waals surface area contributed by atoms with Crippen molar-refractivity contribution < 1.29 is 4.79 Å². The van der Waals surface area contributed by atoms with Crippen LogP contribution in [0.5, 0.6) is 0 Å². The Kier molecular flexibility index (Phi) is 3.32. The summed E-state index contributed by atoms with van der Waals surface area (Å²) < 4.78 is 0. The third kappa shape index (κ3) is 2.46. The van der Waals surface area contributed by atoms with Crippen LogP contribution in [0.2, 0.25) is 0 Å². The average Bonchev–Trinajstić information content (AvgIpc) is 2.15. The van der Waals surface area contributed by atoms with Gasteiger partial charge in [-0.05, 0) is 26.3 Å². The summed E-state index contributed by atoms with van der Waals surface area (Å²) in [5.41, 5.74) is -0.269. The lowest BCUT2D eigenvalue weighted by Gasteiger charge is -2.32. The van der Waals surface area contributed by atoms with Crippen LogP contribution >= 0.6 is 0 Å². The molecular formula is C10H16N2O. The summed E-state index contributed by atoms with van der Waals surface area (Å²) in [7, 11) is 0. The van der Waals surface area contributed by atoms with E-state index in [2.05, 4.69) is 16.6 Å². The fourth-order valence-electron chi connectivity index (χ4n) is 1.59. The van der Waals surface area contributed by atoms with Gasteiger partial charge in [-0.15, -0.1) is 6.42 Å². The van der Waals surface area contributed by atoms with E-state index >= 15 is 0 Å². The molecule has 1 saturated heterocycles. The Bertz CT molecular complexity index is 224. The number of nitrogens with one attached hydrogen (secondary N) is 2. The number of piperidine rings is 1. The maximum absolute atomic E-state index is 11.6. The second kappa shape index (κ2) is 4.29. The molecule has 1 unspecified atom stereocenters. The highest BCUT2D eigenvalue weighted by molar-refractivity contribution is 5.82. The molecule has 0 bridgehead atoms. The van der Waals surface area contributed by atoms with Crippen LogP contribution in [0.1, 0.15) is 19.8 Å². The maximum Gasteiger partial charge on any atom is 0.227 e. The Labute approximate surface area is 79.3 Å². The number of carbonyl (C=O) groups excluding carboxylic acids is 1. The van der Waals surface area contributed by atoms with Crippen molar-refractivity contribution in [3.05, 3.63) is 0 Å². The lowest BCUT2D eigenvalue weighted by atomic mass is 9.82. The summed E-state index contributed by atoms with van der Waals surface area (Å²) in [4.78, 5) is 11.6. The van der Waals surface area contributed by atoms with E-state index in [4.69, 9.17) is 6.42 Å². The Morgan fingerprint density at radius 2 is 2.54 bits per heavy atom. The van der Waals surface area contributed by atoms with E-state index in [1.165, 1.54) is 0 Å². The molecule has 0 radical (unpaired) electrons. The van der Waals surface area contributed by atoms with Crippen molar-refractivity contribution in [3.63, 3.8) is 0 Å². The average molecular weight is 180 g/mol. The molecule has 0 saturated carbocycles. The fraction of sp³-hybridized carbons (Fsp3) is 0.700. The van der Waals surface area contributed by atoms with Crippen molar-refractivity contribution in [2.75, 3.05) is 19.6 Å². The van der Waals surface area contributed by atoms with Gasteiger partial charge in [0.2, 0.25) is 5.91 Å². The molecule has 1 heterocycles. The normalized spacial score (nSPS) is 27.7. The van der Waals surface area contributed by atoms with Crippen LogP contribution in [0, 0.1) is 17.8 Å². The number of rotatable bonds is 2. The van der Waals surface area contributed by atoms with E-state index in [1.807, 2.05) is 6.92 Å². The first-order chi connectivity index (χ1) is 6.19. The van der Waals surface area contributed by atoms with Crippen molar-refractivity contribution in [1.82, 2.24) is 10.6 Å². The zero-order valence-electron chi connectivity index (χ0n) is 8.02. The van der Waals surface area contributed by atoms with E-state index < -0.39 is 0 Å². The molecule has 1 rings (SSSR count). The summed E-state index contributed by atoms with van der Waals surface area (Å²) in [5, 5.41) is 5.95.